The summed E-state index contributed by atoms with van der Waals surface area (Å²) in [5, 5.41) is 23.6. The first kappa shape index (κ1) is 22.5. The number of hydrogen-bond acceptors (Lipinski definition) is 5. The fourth-order valence-electron chi connectivity index (χ4n) is 2.82. The van der Waals surface area contributed by atoms with Crippen LogP contribution in [0.15, 0.2) is 66.7 Å². The zero-order chi connectivity index (χ0) is 23.1. The second kappa shape index (κ2) is 10.2. The van der Waals surface area contributed by atoms with Crippen LogP contribution in [0.3, 0.4) is 0 Å². The maximum absolute atomic E-state index is 12.2. The quantitative estimate of drug-likeness (QED) is 0.218. The predicted molar refractivity (Wildman–Crippen MR) is 123 cm³/mol. The monoisotopic (exact) mass is 447 g/mol. The summed E-state index contributed by atoms with van der Waals surface area (Å²) in [7, 11) is 0. The Bertz CT molecular complexity index is 1230. The lowest BCUT2D eigenvalue weighted by atomic mass is 10.0. The standard InChI is InChI=1S/C24H18ClN3O4/c1-16-5-8-20(13-23(16)25)27-24(29)15-32-22-4-2-3-17(12-22)11-19(14-26)18-6-9-21(10-7-18)28(30)31/h2-13H,15H2,1H3,(H,27,29). The zero-order valence-electron chi connectivity index (χ0n) is 17.0. The van der Waals surface area contributed by atoms with E-state index in [4.69, 9.17) is 16.3 Å². The van der Waals surface area contributed by atoms with Crippen LogP contribution in [0.4, 0.5) is 11.4 Å². The number of nitrogens with zero attached hydrogens (tertiary/aromatic N) is 2. The summed E-state index contributed by atoms with van der Waals surface area (Å²) in [4.78, 5) is 22.5. The predicted octanol–water partition coefficient (Wildman–Crippen LogP) is 5.64. The molecule has 0 bridgehead atoms. The Morgan fingerprint density at radius 3 is 2.59 bits per heavy atom. The topological polar surface area (TPSA) is 105 Å². The fourth-order valence-corrected chi connectivity index (χ4v) is 3.00. The molecule has 0 aliphatic heterocycles. The number of amides is 1. The van der Waals surface area contributed by atoms with Crippen molar-refractivity contribution >= 4 is 40.5 Å². The summed E-state index contributed by atoms with van der Waals surface area (Å²) in [6.07, 6.45) is 1.64. The molecule has 8 heteroatoms. The van der Waals surface area contributed by atoms with Crippen LogP contribution in [-0.2, 0) is 4.79 Å². The maximum atomic E-state index is 12.2. The number of nitrogens with one attached hydrogen (secondary N) is 1. The lowest BCUT2D eigenvalue weighted by molar-refractivity contribution is -0.384. The third-order valence-corrected chi connectivity index (χ3v) is 4.91. The summed E-state index contributed by atoms with van der Waals surface area (Å²) in [5.41, 5.74) is 3.02. The number of anilines is 1. The van der Waals surface area contributed by atoms with E-state index in [1.54, 1.807) is 42.5 Å². The highest BCUT2D eigenvalue weighted by molar-refractivity contribution is 6.31. The van der Waals surface area contributed by atoms with Gasteiger partial charge in [0, 0.05) is 22.8 Å². The van der Waals surface area contributed by atoms with E-state index in [9.17, 15) is 20.2 Å². The van der Waals surface area contributed by atoms with Crippen molar-refractivity contribution in [2.45, 2.75) is 6.92 Å². The molecule has 0 radical (unpaired) electrons. The third-order valence-electron chi connectivity index (χ3n) is 4.50. The van der Waals surface area contributed by atoms with E-state index in [2.05, 4.69) is 11.4 Å². The number of nitriles is 1. The van der Waals surface area contributed by atoms with Crippen molar-refractivity contribution in [3.05, 3.63) is 98.6 Å². The Morgan fingerprint density at radius 2 is 1.94 bits per heavy atom. The minimum Gasteiger partial charge on any atom is -0.484 e. The van der Waals surface area contributed by atoms with E-state index in [0.29, 0.717) is 33.2 Å². The van der Waals surface area contributed by atoms with Crippen molar-refractivity contribution in [2.75, 3.05) is 11.9 Å². The molecule has 0 atom stereocenters. The molecule has 3 aromatic rings. The number of carbonyl (C=O) groups is 1. The van der Waals surface area contributed by atoms with Gasteiger partial charge in [-0.15, -0.1) is 0 Å². The molecular formula is C24H18ClN3O4. The van der Waals surface area contributed by atoms with Crippen molar-refractivity contribution in [1.82, 2.24) is 0 Å². The van der Waals surface area contributed by atoms with Gasteiger partial charge >= 0.3 is 0 Å². The van der Waals surface area contributed by atoms with E-state index in [0.717, 1.165) is 5.56 Å². The first-order valence-electron chi connectivity index (χ1n) is 9.51. The van der Waals surface area contributed by atoms with Crippen molar-refractivity contribution in [3.8, 4) is 11.8 Å². The third kappa shape index (κ3) is 5.94. The maximum Gasteiger partial charge on any atom is 0.269 e. The van der Waals surface area contributed by atoms with Crippen LogP contribution >= 0.6 is 11.6 Å². The van der Waals surface area contributed by atoms with Crippen molar-refractivity contribution in [1.29, 1.82) is 5.26 Å². The SMILES string of the molecule is Cc1ccc(NC(=O)COc2cccc(C=C(C#N)c3ccc([N+](=O)[O-])cc3)c2)cc1Cl. The summed E-state index contributed by atoms with van der Waals surface area (Å²) in [6, 6.07) is 20.0. The Kier molecular flexibility index (Phi) is 7.21. The van der Waals surface area contributed by atoms with Crippen LogP contribution in [0, 0.1) is 28.4 Å². The number of rotatable bonds is 7. The van der Waals surface area contributed by atoms with Gasteiger partial charge in [0.1, 0.15) is 5.75 Å². The second-order valence-corrected chi connectivity index (χ2v) is 7.25. The van der Waals surface area contributed by atoms with Gasteiger partial charge in [0.25, 0.3) is 11.6 Å². The molecule has 3 aromatic carbocycles. The summed E-state index contributed by atoms with van der Waals surface area (Å²) >= 11 is 6.07. The second-order valence-electron chi connectivity index (χ2n) is 6.85. The fraction of sp³-hybridized carbons (Fsp3) is 0.0833. The highest BCUT2D eigenvalue weighted by atomic mass is 35.5. The molecule has 160 valence electrons. The molecule has 0 heterocycles. The van der Waals surface area contributed by atoms with E-state index in [-0.39, 0.29) is 18.2 Å². The van der Waals surface area contributed by atoms with Gasteiger partial charge in [-0.1, -0.05) is 29.8 Å². The summed E-state index contributed by atoms with van der Waals surface area (Å²) in [5.74, 6) is 0.117. The normalized spacial score (nSPS) is 10.8. The highest BCUT2D eigenvalue weighted by Crippen LogP contribution is 2.23. The van der Waals surface area contributed by atoms with Gasteiger partial charge in [-0.2, -0.15) is 5.26 Å². The average Bonchev–Trinajstić information content (AvgIpc) is 2.79. The average molecular weight is 448 g/mol. The van der Waals surface area contributed by atoms with Gasteiger partial charge in [0.05, 0.1) is 16.6 Å². The molecule has 0 aliphatic carbocycles. The largest absolute Gasteiger partial charge is 0.484 e. The van der Waals surface area contributed by atoms with E-state index in [1.165, 1.54) is 24.3 Å². The molecular weight excluding hydrogens is 430 g/mol. The van der Waals surface area contributed by atoms with Crippen molar-refractivity contribution < 1.29 is 14.5 Å². The first-order valence-corrected chi connectivity index (χ1v) is 9.89. The number of hydrogen-bond donors (Lipinski definition) is 1. The lowest BCUT2D eigenvalue weighted by Crippen LogP contribution is -2.20. The number of halogens is 1. The lowest BCUT2D eigenvalue weighted by Gasteiger charge is -2.09. The number of nitro benzene ring substituents is 1. The molecule has 0 saturated heterocycles. The number of non-ortho nitro benzene ring substituents is 1. The van der Waals surface area contributed by atoms with Crippen LogP contribution in [0.5, 0.6) is 5.75 Å². The Balaban J connectivity index is 1.67. The Labute approximate surface area is 189 Å². The number of ether oxygens (including phenoxy) is 1. The molecule has 0 spiro atoms. The molecule has 0 fully saturated rings. The van der Waals surface area contributed by atoms with Crippen LogP contribution < -0.4 is 10.1 Å². The van der Waals surface area contributed by atoms with Crippen molar-refractivity contribution in [2.24, 2.45) is 0 Å². The summed E-state index contributed by atoms with van der Waals surface area (Å²) in [6.45, 7) is 1.67. The van der Waals surface area contributed by atoms with Crippen LogP contribution in [0.2, 0.25) is 5.02 Å². The highest BCUT2D eigenvalue weighted by Gasteiger charge is 2.08. The number of carbonyl (C=O) groups excluding carboxylic acids is 1. The molecule has 32 heavy (non-hydrogen) atoms. The van der Waals surface area contributed by atoms with E-state index >= 15 is 0 Å². The number of aryl methyl sites for hydroxylation is 1. The molecule has 1 N–H and O–H groups in total. The van der Waals surface area contributed by atoms with Gasteiger partial charge in [0.15, 0.2) is 6.61 Å². The number of nitro groups is 1. The Morgan fingerprint density at radius 1 is 1.19 bits per heavy atom. The van der Waals surface area contributed by atoms with Crippen LogP contribution in [0.25, 0.3) is 11.6 Å². The first-order chi connectivity index (χ1) is 15.4. The minimum absolute atomic E-state index is 0.0485. The van der Waals surface area contributed by atoms with E-state index in [1.807, 2.05) is 13.0 Å². The molecule has 3 rings (SSSR count). The van der Waals surface area contributed by atoms with E-state index < -0.39 is 4.92 Å². The van der Waals surface area contributed by atoms with Gasteiger partial charge in [-0.05, 0) is 66.1 Å². The molecule has 0 unspecified atom stereocenters. The van der Waals surface area contributed by atoms with Crippen LogP contribution in [-0.4, -0.2) is 17.4 Å². The molecule has 0 aromatic heterocycles. The van der Waals surface area contributed by atoms with Crippen LogP contribution in [0.1, 0.15) is 16.7 Å². The summed E-state index contributed by atoms with van der Waals surface area (Å²) < 4.78 is 5.57. The molecule has 7 nitrogen and oxygen atoms in total. The Hall–Kier alpha value is -4.15. The van der Waals surface area contributed by atoms with Crippen molar-refractivity contribution in [3.63, 3.8) is 0 Å². The molecule has 0 saturated carbocycles. The van der Waals surface area contributed by atoms with Gasteiger partial charge in [-0.3, -0.25) is 14.9 Å². The van der Waals surface area contributed by atoms with Gasteiger partial charge in [-0.25, -0.2) is 0 Å². The molecule has 0 aliphatic rings. The number of benzene rings is 3. The number of allylic oxidation sites excluding steroid dienone is 1. The van der Waals surface area contributed by atoms with Gasteiger partial charge in [0.2, 0.25) is 0 Å². The zero-order valence-corrected chi connectivity index (χ0v) is 17.8. The molecule has 1 amide bonds. The smallest absolute Gasteiger partial charge is 0.269 e. The minimum atomic E-state index is -0.496. The van der Waals surface area contributed by atoms with Gasteiger partial charge < -0.3 is 10.1 Å².